The second-order valence-electron chi connectivity index (χ2n) is 9.04. The van der Waals surface area contributed by atoms with Crippen molar-refractivity contribution in [1.82, 2.24) is 0 Å². The summed E-state index contributed by atoms with van der Waals surface area (Å²) in [5.41, 5.74) is 0. The average Bonchev–Trinajstić information content (AvgIpc) is 3.67. The first-order chi connectivity index (χ1) is 17.4. The molecule has 2 heterocycles. The van der Waals surface area contributed by atoms with Crippen LogP contribution >= 0.6 is 0 Å². The molecule has 0 aromatic carbocycles. The van der Waals surface area contributed by atoms with Crippen LogP contribution in [-0.2, 0) is 55.8 Å². The van der Waals surface area contributed by atoms with Crippen LogP contribution in [0.4, 0.5) is 0 Å². The summed E-state index contributed by atoms with van der Waals surface area (Å²) in [6, 6.07) is 1.66. The molecular weight excluding hydrogens is 524 g/mol. The van der Waals surface area contributed by atoms with Gasteiger partial charge in [-0.1, -0.05) is 6.92 Å². The molecule has 214 valence electrons. The van der Waals surface area contributed by atoms with E-state index >= 15 is 0 Å². The van der Waals surface area contributed by atoms with Crippen molar-refractivity contribution in [2.75, 3.05) is 39.6 Å². The molecule has 2 rings (SSSR count). The fourth-order valence-electron chi connectivity index (χ4n) is 3.40. The Morgan fingerprint density at radius 1 is 0.703 bits per heavy atom. The average molecular weight is 567 g/mol. The second-order valence-corrected chi connectivity index (χ2v) is 15.7. The van der Waals surface area contributed by atoms with Crippen molar-refractivity contribution in [3.05, 3.63) is 0 Å². The van der Waals surface area contributed by atoms with Gasteiger partial charge < -0.3 is 36.7 Å². The molecule has 12 nitrogen and oxygen atoms in total. The zero-order chi connectivity index (χ0) is 27.9. The van der Waals surface area contributed by atoms with Crippen molar-refractivity contribution in [1.29, 1.82) is 0 Å². The molecule has 0 amide bonds. The molecule has 2 atom stereocenters. The van der Waals surface area contributed by atoms with Crippen molar-refractivity contribution in [3.63, 3.8) is 0 Å². The van der Waals surface area contributed by atoms with E-state index in [1.807, 2.05) is 6.92 Å². The minimum Gasteiger partial charge on any atom is -0.485 e. The number of carbonyl (C=O) groups is 4. The molecule has 2 aliphatic heterocycles. The standard InChI is InChI=1S/C12H22O6Si.C11H20O6Si/c1-4-19(17-10(2)13,18-11(3)14)7-5-6-15-8-12-9-16-12;1-9(12)16-18(3,17-10(2)13)6-4-5-14-7-11-8-15-11/h12H,4-9H2,1-3H3;11H,4-8H2,1-3H3. The summed E-state index contributed by atoms with van der Waals surface area (Å²) in [5, 5.41) is 0. The van der Waals surface area contributed by atoms with Gasteiger partial charge in [0.2, 0.25) is 0 Å². The maximum atomic E-state index is 11.2. The maximum Gasteiger partial charge on any atom is 0.464 e. The van der Waals surface area contributed by atoms with Crippen LogP contribution in [0.3, 0.4) is 0 Å². The predicted octanol–water partition coefficient (Wildman–Crippen LogP) is 2.37. The number of hydrogen-bond donors (Lipinski definition) is 0. The number of carbonyl (C=O) groups excluding carboxylic acids is 4. The van der Waals surface area contributed by atoms with Gasteiger partial charge in [-0.25, -0.2) is 0 Å². The molecule has 2 saturated heterocycles. The topological polar surface area (TPSA) is 149 Å². The van der Waals surface area contributed by atoms with Gasteiger partial charge in [0.15, 0.2) is 0 Å². The molecule has 0 aliphatic carbocycles. The van der Waals surface area contributed by atoms with Crippen molar-refractivity contribution < 1.29 is 55.8 Å². The number of rotatable bonds is 17. The first-order valence-electron chi connectivity index (χ1n) is 12.6. The smallest absolute Gasteiger partial charge is 0.464 e. The summed E-state index contributed by atoms with van der Waals surface area (Å²) in [6.45, 7) is 12.7. The Morgan fingerprint density at radius 2 is 1.08 bits per heavy atom. The maximum absolute atomic E-state index is 11.2. The third-order valence-electron chi connectivity index (χ3n) is 5.10. The van der Waals surface area contributed by atoms with Gasteiger partial charge in [-0.3, -0.25) is 19.2 Å². The second kappa shape index (κ2) is 16.9. The molecule has 0 radical (unpaired) electrons. The molecule has 0 aromatic heterocycles. The van der Waals surface area contributed by atoms with Crippen LogP contribution in [-0.4, -0.2) is 92.8 Å². The molecule has 0 aromatic rings. The quantitative estimate of drug-likeness (QED) is 0.144. The molecule has 2 aliphatic rings. The molecule has 0 bridgehead atoms. The van der Waals surface area contributed by atoms with E-state index < -0.39 is 41.0 Å². The predicted molar refractivity (Wildman–Crippen MR) is 135 cm³/mol. The van der Waals surface area contributed by atoms with E-state index in [1.54, 1.807) is 6.55 Å². The van der Waals surface area contributed by atoms with Gasteiger partial charge in [0.05, 0.1) is 26.4 Å². The van der Waals surface area contributed by atoms with Crippen LogP contribution in [0, 0.1) is 0 Å². The SMILES string of the molecule is CC(=O)O[Si](C)(CCCOCC1CO1)OC(C)=O.CC[Si](CCCOCC1CO1)(OC(C)=O)OC(C)=O. The zero-order valence-electron chi connectivity index (χ0n) is 22.8. The Kier molecular flexibility index (Phi) is 15.1. The molecule has 14 heteroatoms. The third-order valence-corrected chi connectivity index (χ3v) is 11.3. The summed E-state index contributed by atoms with van der Waals surface area (Å²) in [5.74, 6) is -1.64. The Bertz CT molecular complexity index is 707. The molecule has 37 heavy (non-hydrogen) atoms. The van der Waals surface area contributed by atoms with Crippen LogP contribution in [0.1, 0.15) is 47.5 Å². The Labute approximate surface area is 221 Å². The van der Waals surface area contributed by atoms with Gasteiger partial charge in [-0.2, -0.15) is 0 Å². The Morgan fingerprint density at radius 3 is 1.41 bits per heavy atom. The van der Waals surface area contributed by atoms with E-state index in [2.05, 4.69) is 0 Å². The molecule has 2 fully saturated rings. The first-order valence-corrected chi connectivity index (χ1v) is 17.3. The van der Waals surface area contributed by atoms with Gasteiger partial charge in [0.25, 0.3) is 23.9 Å². The summed E-state index contributed by atoms with van der Waals surface area (Å²) in [4.78, 5) is 44.3. The lowest BCUT2D eigenvalue weighted by atomic mass is 10.5. The lowest BCUT2D eigenvalue weighted by Gasteiger charge is -2.27. The molecular formula is C23H42O12Si2. The third kappa shape index (κ3) is 17.3. The van der Waals surface area contributed by atoms with Crippen LogP contribution in [0.25, 0.3) is 0 Å². The van der Waals surface area contributed by atoms with Gasteiger partial charge >= 0.3 is 17.1 Å². The van der Waals surface area contributed by atoms with Gasteiger partial charge in [0.1, 0.15) is 12.2 Å². The number of epoxide rings is 2. The highest BCUT2D eigenvalue weighted by Crippen LogP contribution is 2.22. The fraction of sp³-hybridized carbons (Fsp3) is 0.826. The lowest BCUT2D eigenvalue weighted by Crippen LogP contribution is -2.44. The minimum absolute atomic E-state index is 0.245. The van der Waals surface area contributed by atoms with Crippen molar-refractivity contribution in [2.45, 2.75) is 84.3 Å². The molecule has 0 N–H and O–H groups in total. The zero-order valence-corrected chi connectivity index (χ0v) is 24.8. The van der Waals surface area contributed by atoms with E-state index in [9.17, 15) is 19.2 Å². The van der Waals surface area contributed by atoms with Gasteiger partial charge in [-0.05, 0) is 12.8 Å². The highest BCUT2D eigenvalue weighted by molar-refractivity contribution is 6.70. The monoisotopic (exact) mass is 566 g/mol. The Hall–Kier alpha value is -1.85. The van der Waals surface area contributed by atoms with E-state index in [0.717, 1.165) is 13.2 Å². The van der Waals surface area contributed by atoms with E-state index in [4.69, 9.17) is 36.7 Å². The highest BCUT2D eigenvalue weighted by atomic mass is 28.4. The number of ether oxygens (including phenoxy) is 4. The van der Waals surface area contributed by atoms with Crippen molar-refractivity contribution in [2.24, 2.45) is 0 Å². The summed E-state index contributed by atoms with van der Waals surface area (Å²) in [6.07, 6.45) is 1.88. The van der Waals surface area contributed by atoms with Crippen molar-refractivity contribution in [3.8, 4) is 0 Å². The summed E-state index contributed by atoms with van der Waals surface area (Å²) in [7, 11) is -5.51. The van der Waals surface area contributed by atoms with Crippen LogP contribution < -0.4 is 0 Å². The van der Waals surface area contributed by atoms with E-state index in [1.165, 1.54) is 27.7 Å². The lowest BCUT2D eigenvalue weighted by molar-refractivity contribution is -0.141. The fourth-order valence-corrected chi connectivity index (χ4v) is 8.26. The van der Waals surface area contributed by atoms with E-state index in [-0.39, 0.29) is 12.2 Å². The van der Waals surface area contributed by atoms with Gasteiger partial charge in [-0.15, -0.1) is 0 Å². The summed E-state index contributed by atoms with van der Waals surface area (Å²) < 4.78 is 41.8. The van der Waals surface area contributed by atoms with Crippen LogP contribution in [0.15, 0.2) is 0 Å². The first kappa shape index (κ1) is 33.2. The highest BCUT2D eigenvalue weighted by Gasteiger charge is 2.41. The van der Waals surface area contributed by atoms with Crippen LogP contribution in [0.5, 0.6) is 0 Å². The van der Waals surface area contributed by atoms with Crippen LogP contribution in [0.2, 0.25) is 24.7 Å². The molecule has 2 unspecified atom stereocenters. The Balaban J connectivity index is 0.000000371. The minimum atomic E-state index is -2.77. The van der Waals surface area contributed by atoms with Crippen molar-refractivity contribution >= 4 is 41.0 Å². The van der Waals surface area contributed by atoms with Gasteiger partial charge in [0, 0.05) is 65.6 Å². The number of hydrogen-bond acceptors (Lipinski definition) is 12. The van der Waals surface area contributed by atoms with E-state index in [0.29, 0.717) is 57.4 Å². The normalized spacial score (nSPS) is 18.1. The molecule has 0 spiro atoms. The largest absolute Gasteiger partial charge is 0.485 e. The summed E-state index contributed by atoms with van der Waals surface area (Å²) >= 11 is 0. The molecule has 0 saturated carbocycles.